The molecule has 2 saturated carbocycles. The van der Waals surface area contributed by atoms with E-state index in [1.54, 1.807) is 18.5 Å². The van der Waals surface area contributed by atoms with Crippen LogP contribution in [0.5, 0.6) is 0 Å². The zero-order chi connectivity index (χ0) is 23.3. The van der Waals surface area contributed by atoms with Crippen molar-refractivity contribution < 1.29 is 9.59 Å². The highest BCUT2D eigenvalue weighted by atomic mass is 32.1. The third-order valence-electron chi connectivity index (χ3n) is 5.85. The molecule has 0 atom stereocenters. The average molecular weight is 462 g/mol. The number of amides is 2. The van der Waals surface area contributed by atoms with Gasteiger partial charge in [0.2, 0.25) is 6.41 Å². The van der Waals surface area contributed by atoms with Gasteiger partial charge in [-0.3, -0.25) is 9.59 Å². The minimum absolute atomic E-state index is 0.0787. The molecular weight excluding hydrogens is 434 g/mol. The van der Waals surface area contributed by atoms with Crippen molar-refractivity contribution in [3.63, 3.8) is 0 Å². The number of benzene rings is 1. The van der Waals surface area contributed by atoms with Crippen LogP contribution in [0.3, 0.4) is 0 Å². The Bertz CT molecular complexity index is 1170. The maximum atomic E-state index is 11.5. The van der Waals surface area contributed by atoms with Crippen molar-refractivity contribution in [3.8, 4) is 17.3 Å². The van der Waals surface area contributed by atoms with Crippen LogP contribution in [0.25, 0.3) is 11.3 Å². The second-order valence-electron chi connectivity index (χ2n) is 8.46. The van der Waals surface area contributed by atoms with E-state index in [4.69, 9.17) is 5.26 Å². The predicted molar refractivity (Wildman–Crippen MR) is 129 cm³/mol. The Morgan fingerprint density at radius 3 is 2.85 bits per heavy atom. The molecule has 3 aromatic rings. The van der Waals surface area contributed by atoms with Crippen LogP contribution in [0.1, 0.15) is 48.5 Å². The number of hydrogen-bond donors (Lipinski definition) is 2. The molecule has 2 N–H and O–H groups in total. The number of anilines is 1. The lowest BCUT2D eigenvalue weighted by Crippen LogP contribution is -2.22. The topological polar surface area (TPSA) is 99.8 Å². The predicted octanol–water partition coefficient (Wildman–Crippen LogP) is 4.58. The molecule has 170 valence electrons. The molecule has 0 spiro atoms. The van der Waals surface area contributed by atoms with E-state index in [1.807, 2.05) is 16.9 Å². The van der Waals surface area contributed by atoms with Crippen LogP contribution < -0.4 is 10.6 Å². The van der Waals surface area contributed by atoms with Gasteiger partial charge in [0.1, 0.15) is 5.54 Å². The van der Waals surface area contributed by atoms with E-state index in [0.717, 1.165) is 30.0 Å². The number of rotatable bonds is 8. The van der Waals surface area contributed by atoms with Crippen molar-refractivity contribution in [2.75, 3.05) is 11.9 Å². The van der Waals surface area contributed by atoms with Crippen molar-refractivity contribution in [2.45, 2.75) is 44.6 Å². The lowest BCUT2D eigenvalue weighted by molar-refractivity contribution is -0.105. The first-order valence-electron chi connectivity index (χ1n) is 11.2. The summed E-state index contributed by atoms with van der Waals surface area (Å²) in [5.74, 6) is 0.813. The van der Waals surface area contributed by atoms with E-state index >= 15 is 0 Å². The van der Waals surface area contributed by atoms with Crippen molar-refractivity contribution in [1.29, 1.82) is 5.26 Å². The molecule has 2 aliphatic rings. The Kier molecular flexibility index (Phi) is 6.90. The van der Waals surface area contributed by atoms with Crippen molar-refractivity contribution in [3.05, 3.63) is 59.2 Å². The van der Waals surface area contributed by atoms with Gasteiger partial charge in [0.25, 0.3) is 5.91 Å². The molecule has 5 rings (SSSR count). The van der Waals surface area contributed by atoms with Gasteiger partial charge in [-0.05, 0) is 62.6 Å². The molecule has 2 aliphatic carbocycles. The van der Waals surface area contributed by atoms with Crippen molar-refractivity contribution >= 4 is 28.8 Å². The number of nitrogens with one attached hydrogen (secondary N) is 2. The molecule has 2 aromatic heterocycles. The highest BCUT2D eigenvalue weighted by Crippen LogP contribution is 2.42. The number of hydrogen-bond acceptors (Lipinski definition) is 5. The van der Waals surface area contributed by atoms with Gasteiger partial charge in [-0.1, -0.05) is 18.2 Å². The second-order valence-corrected chi connectivity index (χ2v) is 9.32. The minimum atomic E-state index is -0.370. The Hall–Kier alpha value is -3.44. The number of nitriles is 1. The second kappa shape index (κ2) is 10.0. The normalized spacial score (nSPS) is 15.5. The summed E-state index contributed by atoms with van der Waals surface area (Å²) in [6.07, 6.45) is 9.90. The maximum absolute atomic E-state index is 11.5. The summed E-state index contributed by atoms with van der Waals surface area (Å²) in [5, 5.41) is 16.9. The van der Waals surface area contributed by atoms with Crippen molar-refractivity contribution in [2.24, 2.45) is 5.92 Å². The van der Waals surface area contributed by atoms with Crippen LogP contribution in [-0.2, 0) is 16.8 Å². The molecule has 0 unspecified atom stereocenters. The Balaban J connectivity index is 0.000000160. The molecule has 1 aromatic carbocycles. The fourth-order valence-electron chi connectivity index (χ4n) is 3.64. The molecule has 0 bridgehead atoms. The molecule has 7 nitrogen and oxygen atoms in total. The molecule has 8 heteroatoms. The zero-order valence-corrected chi connectivity index (χ0v) is 19.4. The summed E-state index contributed by atoms with van der Waals surface area (Å²) in [6.45, 7) is 2.50. The van der Waals surface area contributed by atoms with E-state index in [1.165, 1.54) is 36.2 Å². The third kappa shape index (κ3) is 5.68. The van der Waals surface area contributed by atoms with Gasteiger partial charge in [0, 0.05) is 29.9 Å². The first-order chi connectivity index (χ1) is 16.1. The highest BCUT2D eigenvalue weighted by Gasteiger charge is 2.44. The van der Waals surface area contributed by atoms with Gasteiger partial charge >= 0.3 is 0 Å². The Morgan fingerprint density at radius 1 is 1.36 bits per heavy atom. The molecule has 0 saturated heterocycles. The minimum Gasteiger partial charge on any atom is -0.352 e. The third-order valence-corrected chi connectivity index (χ3v) is 6.62. The summed E-state index contributed by atoms with van der Waals surface area (Å²) < 4.78 is 1.84. The summed E-state index contributed by atoms with van der Waals surface area (Å²) in [5.41, 5.74) is 3.70. The number of carbonyl (C=O) groups is 2. The highest BCUT2D eigenvalue weighted by molar-refractivity contribution is 7.14. The van der Waals surface area contributed by atoms with Crippen LogP contribution in [0, 0.1) is 17.2 Å². The summed E-state index contributed by atoms with van der Waals surface area (Å²) >= 11 is 1.45. The van der Waals surface area contributed by atoms with Crippen molar-refractivity contribution in [1.82, 2.24) is 14.9 Å². The standard InChI is InChI=1S/C14H14N2OS.C11H13N3O/c17-9-15-14-16-13(8-18-14)12-3-1-2-11(7-12)6-10-4-5-10;1-2-13-10(15)9-3-6-14(7-9)11(8-12)4-5-11/h1-3,7-10H,4-6H2,(H,15,16,17);3,6-7H,2,4-5H2,1H3,(H,13,15). The average Bonchev–Trinajstić information content (AvgIpc) is 3.71. The van der Waals surface area contributed by atoms with Gasteiger partial charge in [0.15, 0.2) is 5.13 Å². The van der Waals surface area contributed by atoms with Gasteiger partial charge in [-0.2, -0.15) is 5.26 Å². The monoisotopic (exact) mass is 461 g/mol. The summed E-state index contributed by atoms with van der Waals surface area (Å²) in [6, 6.07) is 12.6. The fraction of sp³-hybridized carbons (Fsp3) is 0.360. The Morgan fingerprint density at radius 2 is 2.18 bits per heavy atom. The lowest BCUT2D eigenvalue weighted by Gasteiger charge is -2.06. The molecule has 0 radical (unpaired) electrons. The quantitative estimate of drug-likeness (QED) is 0.480. The Labute approximate surface area is 197 Å². The van der Waals surface area contributed by atoms with Gasteiger partial charge in [-0.15, -0.1) is 11.3 Å². The van der Waals surface area contributed by atoms with Crippen LogP contribution >= 0.6 is 11.3 Å². The molecule has 33 heavy (non-hydrogen) atoms. The van der Waals surface area contributed by atoms with E-state index in [2.05, 4.69) is 46.0 Å². The molecule has 0 aliphatic heterocycles. The van der Waals surface area contributed by atoms with Gasteiger partial charge in [0.05, 0.1) is 17.3 Å². The largest absolute Gasteiger partial charge is 0.352 e. The lowest BCUT2D eigenvalue weighted by atomic mass is 10.0. The van der Waals surface area contributed by atoms with E-state index in [0.29, 0.717) is 23.6 Å². The zero-order valence-electron chi connectivity index (χ0n) is 18.6. The molecule has 2 fully saturated rings. The number of nitrogens with zero attached hydrogens (tertiary/aromatic N) is 3. The molecule has 2 amide bonds. The smallest absolute Gasteiger partial charge is 0.252 e. The number of aromatic nitrogens is 2. The first kappa shape index (κ1) is 22.7. The number of carbonyl (C=O) groups excluding carboxylic acids is 2. The van der Waals surface area contributed by atoms with E-state index < -0.39 is 0 Å². The van der Waals surface area contributed by atoms with E-state index in [9.17, 15) is 9.59 Å². The van der Waals surface area contributed by atoms with Gasteiger partial charge < -0.3 is 15.2 Å². The maximum Gasteiger partial charge on any atom is 0.252 e. The van der Waals surface area contributed by atoms with Crippen LogP contribution in [0.15, 0.2) is 48.1 Å². The number of thiazole rings is 1. The van der Waals surface area contributed by atoms with Gasteiger partial charge in [-0.25, -0.2) is 4.98 Å². The first-order valence-corrected chi connectivity index (χ1v) is 12.1. The molecule has 2 heterocycles. The SMILES string of the molecule is CCNC(=O)c1ccn(C2(C#N)CC2)c1.O=CNc1nc(-c2cccc(CC3CC3)c2)cs1. The van der Waals surface area contributed by atoms with Crippen LogP contribution in [0.2, 0.25) is 0 Å². The molecular formula is C25H27N5O2S. The van der Waals surface area contributed by atoms with Crippen LogP contribution in [0.4, 0.5) is 5.13 Å². The summed E-state index contributed by atoms with van der Waals surface area (Å²) in [7, 11) is 0. The van der Waals surface area contributed by atoms with Crippen LogP contribution in [-0.4, -0.2) is 28.4 Å². The van der Waals surface area contributed by atoms with E-state index in [-0.39, 0.29) is 11.4 Å². The fourth-order valence-corrected chi connectivity index (χ4v) is 4.32. The summed E-state index contributed by atoms with van der Waals surface area (Å²) in [4.78, 5) is 26.2.